The molecule has 1 aliphatic heterocycles. The number of aromatic nitrogens is 3. The van der Waals surface area contributed by atoms with Gasteiger partial charge in [0.15, 0.2) is 22.4 Å². The first-order valence-corrected chi connectivity index (χ1v) is 10.8. The van der Waals surface area contributed by atoms with Crippen LogP contribution in [0, 0.1) is 0 Å². The molecule has 0 saturated carbocycles. The normalized spacial score (nSPS) is 13.0. The maximum atomic E-state index is 12.8. The second-order valence-corrected chi connectivity index (χ2v) is 8.19. The van der Waals surface area contributed by atoms with E-state index in [-0.39, 0.29) is 17.2 Å². The Morgan fingerprint density at radius 1 is 1.17 bits per heavy atom. The third-order valence-electron chi connectivity index (χ3n) is 4.54. The maximum Gasteiger partial charge on any atom is 0.348 e. The van der Waals surface area contributed by atoms with E-state index >= 15 is 0 Å². The van der Waals surface area contributed by atoms with Gasteiger partial charge in [-0.05, 0) is 18.2 Å². The number of ether oxygens (including phenoxy) is 2. The van der Waals surface area contributed by atoms with Crippen LogP contribution in [0.4, 0.5) is 0 Å². The molecular formula is C20H15N3O4S2. The van der Waals surface area contributed by atoms with E-state index in [0.29, 0.717) is 41.1 Å². The third kappa shape index (κ3) is 3.32. The van der Waals surface area contributed by atoms with Crippen molar-refractivity contribution >= 4 is 39.0 Å². The van der Waals surface area contributed by atoms with Gasteiger partial charge in [-0.25, -0.2) is 14.5 Å². The third-order valence-corrected chi connectivity index (χ3v) is 6.44. The number of thioether (sulfide) groups is 1. The summed E-state index contributed by atoms with van der Waals surface area (Å²) in [6.45, 7) is 0.958. The summed E-state index contributed by atoms with van der Waals surface area (Å²) in [5.74, 6) is 1.40. The molecule has 1 aliphatic rings. The Labute approximate surface area is 173 Å². The zero-order valence-electron chi connectivity index (χ0n) is 15.1. The van der Waals surface area contributed by atoms with Crippen molar-refractivity contribution in [2.24, 2.45) is 0 Å². The smallest absolute Gasteiger partial charge is 0.348 e. The van der Waals surface area contributed by atoms with Gasteiger partial charge >= 0.3 is 5.69 Å². The predicted octanol–water partition coefficient (Wildman–Crippen LogP) is 3.52. The van der Waals surface area contributed by atoms with Gasteiger partial charge < -0.3 is 9.47 Å². The quantitative estimate of drug-likeness (QED) is 0.389. The summed E-state index contributed by atoms with van der Waals surface area (Å²) in [6, 6.07) is 13.1. The van der Waals surface area contributed by atoms with Gasteiger partial charge in [-0.2, -0.15) is 0 Å². The van der Waals surface area contributed by atoms with Crippen molar-refractivity contribution in [3.63, 3.8) is 0 Å². The molecule has 0 saturated heterocycles. The number of aromatic amines is 1. The number of carbonyl (C=O) groups excluding carboxylic acids is 1. The van der Waals surface area contributed by atoms with Crippen LogP contribution in [0.2, 0.25) is 0 Å². The van der Waals surface area contributed by atoms with Gasteiger partial charge in [0.2, 0.25) is 0 Å². The highest BCUT2D eigenvalue weighted by Crippen LogP contribution is 2.33. The Hall–Kier alpha value is -3.04. The first kappa shape index (κ1) is 18.0. The molecule has 0 radical (unpaired) electrons. The molecule has 2 aromatic heterocycles. The van der Waals surface area contributed by atoms with Crippen LogP contribution in [0.5, 0.6) is 11.5 Å². The molecule has 4 aromatic rings. The minimum atomic E-state index is -0.377. The summed E-state index contributed by atoms with van der Waals surface area (Å²) in [6.07, 6.45) is 0. The van der Waals surface area contributed by atoms with Crippen LogP contribution in [-0.2, 0) is 0 Å². The van der Waals surface area contributed by atoms with Crippen LogP contribution in [0.25, 0.3) is 15.8 Å². The van der Waals surface area contributed by atoms with Gasteiger partial charge in [0.25, 0.3) is 0 Å². The number of nitrogens with zero attached hydrogens (tertiary/aromatic N) is 2. The number of rotatable bonds is 5. The van der Waals surface area contributed by atoms with Crippen LogP contribution < -0.4 is 15.2 Å². The Morgan fingerprint density at radius 2 is 2.00 bits per heavy atom. The minimum absolute atomic E-state index is 0.00313. The van der Waals surface area contributed by atoms with Crippen molar-refractivity contribution in [3.05, 3.63) is 63.9 Å². The lowest BCUT2D eigenvalue weighted by Gasteiger charge is -2.19. The van der Waals surface area contributed by atoms with Gasteiger partial charge in [0, 0.05) is 27.1 Å². The molecule has 9 heteroatoms. The second-order valence-electron chi connectivity index (χ2n) is 6.33. The summed E-state index contributed by atoms with van der Waals surface area (Å²) in [5, 5.41) is 9.80. The van der Waals surface area contributed by atoms with E-state index in [4.69, 9.17) is 9.47 Å². The van der Waals surface area contributed by atoms with Crippen molar-refractivity contribution in [2.75, 3.05) is 19.0 Å². The van der Waals surface area contributed by atoms with E-state index in [0.717, 1.165) is 10.1 Å². The highest BCUT2D eigenvalue weighted by Gasteiger charge is 2.18. The summed E-state index contributed by atoms with van der Waals surface area (Å²) < 4.78 is 13.6. The second kappa shape index (κ2) is 7.41. The largest absolute Gasteiger partial charge is 0.486 e. The number of carbonyl (C=O) groups is 1. The summed E-state index contributed by atoms with van der Waals surface area (Å²) in [4.78, 5) is 25.1. The molecule has 0 fully saturated rings. The van der Waals surface area contributed by atoms with E-state index in [9.17, 15) is 9.59 Å². The Bertz CT molecular complexity index is 1270. The maximum absolute atomic E-state index is 12.8. The molecule has 0 unspecified atom stereocenters. The van der Waals surface area contributed by atoms with E-state index in [1.54, 1.807) is 29.5 Å². The van der Waals surface area contributed by atoms with Crippen LogP contribution in [-0.4, -0.2) is 39.5 Å². The SMILES string of the molecule is O=C(CSc1n[nH]c(=O)n1-c1ccc2c(c1)OCCO2)c1csc2ccccc12. The first-order chi connectivity index (χ1) is 14.2. The minimum Gasteiger partial charge on any atom is -0.486 e. The van der Waals surface area contributed by atoms with E-state index in [2.05, 4.69) is 10.2 Å². The van der Waals surface area contributed by atoms with Crippen LogP contribution in [0.3, 0.4) is 0 Å². The molecule has 29 heavy (non-hydrogen) atoms. The van der Waals surface area contributed by atoms with Crippen molar-refractivity contribution in [2.45, 2.75) is 5.16 Å². The standard InChI is InChI=1S/C20H15N3O4S2/c24-15(14-10-28-18-4-2-1-3-13(14)18)11-29-20-22-21-19(25)23(20)12-5-6-16-17(9-12)27-8-7-26-16/h1-6,9-10H,7-8,11H2,(H,21,25). The fourth-order valence-electron chi connectivity index (χ4n) is 3.18. The highest BCUT2D eigenvalue weighted by atomic mass is 32.2. The molecule has 0 amide bonds. The number of benzene rings is 2. The van der Waals surface area contributed by atoms with Crippen LogP contribution in [0.1, 0.15) is 10.4 Å². The summed E-state index contributed by atoms with van der Waals surface area (Å²) in [5.41, 5.74) is 0.920. The van der Waals surface area contributed by atoms with Gasteiger partial charge in [-0.3, -0.25) is 4.79 Å². The number of thiophene rings is 1. The Morgan fingerprint density at radius 3 is 2.90 bits per heavy atom. The number of Topliss-reactive ketones (excluding diaryl/α,β-unsaturated/α-hetero) is 1. The number of hydrogen-bond acceptors (Lipinski definition) is 7. The first-order valence-electron chi connectivity index (χ1n) is 8.90. The number of ketones is 1. The number of H-pyrrole nitrogens is 1. The van der Waals surface area contributed by atoms with Gasteiger partial charge in [0.1, 0.15) is 13.2 Å². The van der Waals surface area contributed by atoms with Crippen molar-refractivity contribution in [1.82, 2.24) is 14.8 Å². The lowest BCUT2D eigenvalue weighted by Crippen LogP contribution is -2.18. The zero-order chi connectivity index (χ0) is 19.8. The van der Waals surface area contributed by atoms with Crippen LogP contribution in [0.15, 0.2) is 57.8 Å². The molecule has 2 aromatic carbocycles. The number of nitrogens with one attached hydrogen (secondary N) is 1. The molecule has 0 aliphatic carbocycles. The average molecular weight is 425 g/mol. The fourth-order valence-corrected chi connectivity index (χ4v) is 4.99. The molecular weight excluding hydrogens is 410 g/mol. The average Bonchev–Trinajstić information content (AvgIpc) is 3.35. The molecule has 1 N–H and O–H groups in total. The Kier molecular flexibility index (Phi) is 4.61. The van der Waals surface area contributed by atoms with Crippen molar-refractivity contribution in [3.8, 4) is 17.2 Å². The number of fused-ring (bicyclic) bond motifs is 2. The molecule has 7 nitrogen and oxygen atoms in total. The van der Waals surface area contributed by atoms with Crippen molar-refractivity contribution < 1.29 is 14.3 Å². The van der Waals surface area contributed by atoms with E-state index in [1.807, 2.05) is 29.6 Å². The molecule has 3 heterocycles. The highest BCUT2D eigenvalue weighted by molar-refractivity contribution is 7.99. The lowest BCUT2D eigenvalue weighted by atomic mass is 10.1. The summed E-state index contributed by atoms with van der Waals surface area (Å²) >= 11 is 2.77. The predicted molar refractivity (Wildman–Crippen MR) is 112 cm³/mol. The topological polar surface area (TPSA) is 86.2 Å². The number of hydrogen-bond donors (Lipinski definition) is 1. The Balaban J connectivity index is 1.40. The lowest BCUT2D eigenvalue weighted by molar-refractivity contribution is 0.102. The summed E-state index contributed by atoms with van der Waals surface area (Å²) in [7, 11) is 0. The van der Waals surface area contributed by atoms with E-state index in [1.165, 1.54) is 16.3 Å². The molecule has 0 atom stereocenters. The van der Waals surface area contributed by atoms with Crippen LogP contribution >= 0.6 is 23.1 Å². The molecule has 146 valence electrons. The van der Waals surface area contributed by atoms with E-state index < -0.39 is 0 Å². The molecule has 5 rings (SSSR count). The molecule has 0 bridgehead atoms. The zero-order valence-corrected chi connectivity index (χ0v) is 16.7. The van der Waals surface area contributed by atoms with Gasteiger partial charge in [-0.15, -0.1) is 16.4 Å². The monoisotopic (exact) mass is 425 g/mol. The molecule has 0 spiro atoms. The van der Waals surface area contributed by atoms with Gasteiger partial charge in [-0.1, -0.05) is 30.0 Å². The van der Waals surface area contributed by atoms with Crippen molar-refractivity contribution in [1.29, 1.82) is 0 Å². The van der Waals surface area contributed by atoms with Gasteiger partial charge in [0.05, 0.1) is 11.4 Å². The fraction of sp³-hybridized carbons (Fsp3) is 0.150.